The summed E-state index contributed by atoms with van der Waals surface area (Å²) in [4.78, 5) is 6.19. The van der Waals surface area contributed by atoms with Crippen LogP contribution in [-0.4, -0.2) is 54.8 Å². The minimum absolute atomic E-state index is 0. The van der Waals surface area contributed by atoms with E-state index >= 15 is 0 Å². The van der Waals surface area contributed by atoms with E-state index in [9.17, 15) is 0 Å². The monoisotopic (exact) mass is 484 g/mol. The molecule has 0 aliphatic carbocycles. The average molecular weight is 484 g/mol. The van der Waals surface area contributed by atoms with Gasteiger partial charge in [0, 0.05) is 0 Å². The molecule has 0 spiro atoms. The van der Waals surface area contributed by atoms with Gasteiger partial charge in [-0.15, -0.1) is 0 Å². The quantitative estimate of drug-likeness (QED) is 0.300. The van der Waals surface area contributed by atoms with Gasteiger partial charge in [-0.25, -0.2) is 0 Å². The normalized spacial score (nSPS) is 6.44. The standard InChI is InChI=1S/6CN.Fe.4Na.10H2O/c6*1-2;;;;;;;;;;;;;;;/h;;;;;;;;;;;10*1H2/q;;;;;;-4;4*+1;;;;;;;;;;. The maximum Gasteiger partial charge on any atom is 1.00 e. The van der Waals surface area contributed by atoms with Gasteiger partial charge in [0.2, 0.25) is 0 Å². The molecular formula is C6H20FeN6Na4O10. The van der Waals surface area contributed by atoms with Gasteiger partial charge in [0.15, 0.2) is 0 Å². The second-order valence-corrected chi connectivity index (χ2v) is 7.42. The maximum atomic E-state index is 8.58. The van der Waals surface area contributed by atoms with Crippen LogP contribution in [0.5, 0.6) is 0 Å². The summed E-state index contributed by atoms with van der Waals surface area (Å²) >= 11 is 0. The van der Waals surface area contributed by atoms with Gasteiger partial charge < -0.3 is 54.8 Å². The topological polar surface area (TPSA) is 458 Å². The van der Waals surface area contributed by atoms with Crippen molar-refractivity contribution in [1.82, 2.24) is 0 Å². The SMILES string of the molecule is N#[C][Fe-4]([C]#N)([C]#N)([C]#N)([C]#N)[C]#N.O.O.O.O.O.O.O.O.O.O.[Na+].[Na+].[Na+].[Na+]. The van der Waals surface area contributed by atoms with Crippen LogP contribution >= 0.6 is 0 Å². The van der Waals surface area contributed by atoms with Crippen LogP contribution in [0.15, 0.2) is 0 Å². The Labute approximate surface area is 241 Å². The Morgan fingerprint density at radius 2 is 0.370 bits per heavy atom. The molecule has 0 fully saturated rings. The third kappa shape index (κ3) is 17.6. The number of hydrogen-bond acceptors (Lipinski definition) is 6. The van der Waals surface area contributed by atoms with Gasteiger partial charge in [-0.1, -0.05) is 0 Å². The molecule has 21 heteroatoms. The van der Waals surface area contributed by atoms with E-state index in [1.807, 2.05) is 0 Å². The molecule has 0 amide bonds. The fourth-order valence-corrected chi connectivity index (χ4v) is 1.09. The number of rotatable bonds is 0. The number of nitriles is 6. The molecule has 0 bridgehead atoms. The zero-order chi connectivity index (χ0) is 10.7. The predicted octanol–water partition coefficient (Wildman–Crippen LogP) is -20.1. The van der Waals surface area contributed by atoms with Crippen LogP contribution in [0.25, 0.3) is 0 Å². The summed E-state index contributed by atoms with van der Waals surface area (Å²) in [5, 5.41) is 51.5. The summed E-state index contributed by atoms with van der Waals surface area (Å²) in [6.07, 6.45) is 0. The molecule has 16 nitrogen and oxygen atoms in total. The Morgan fingerprint density at radius 3 is 0.370 bits per heavy atom. The number of hydrogen-bond donors (Lipinski definition) is 0. The van der Waals surface area contributed by atoms with Crippen molar-refractivity contribution in [3.8, 4) is 29.8 Å². The Morgan fingerprint density at radius 1 is 0.296 bits per heavy atom. The summed E-state index contributed by atoms with van der Waals surface area (Å²) in [6.45, 7) is 0. The molecule has 0 saturated carbocycles. The average Bonchev–Trinajstić information content (AvgIpc) is 2.26. The van der Waals surface area contributed by atoms with Crippen LogP contribution in [0.1, 0.15) is 0 Å². The first-order valence-electron chi connectivity index (χ1n) is 2.40. The zero-order valence-electron chi connectivity index (χ0n) is 15.0. The van der Waals surface area contributed by atoms with Gasteiger partial charge in [-0.2, -0.15) is 0 Å². The predicted molar refractivity (Wildman–Crippen MR) is 69.8 cm³/mol. The van der Waals surface area contributed by atoms with Crippen molar-refractivity contribution < 1.29 is 184 Å². The van der Waals surface area contributed by atoms with Crippen LogP contribution in [0.4, 0.5) is 0 Å². The molecule has 146 valence electrons. The molecule has 27 heavy (non-hydrogen) atoms. The van der Waals surface area contributed by atoms with Crippen molar-refractivity contribution in [3.05, 3.63) is 0 Å². The van der Waals surface area contributed by atoms with Gasteiger partial charge in [0.05, 0.1) is 0 Å². The second-order valence-electron chi connectivity index (χ2n) is 1.80. The molecule has 0 aromatic carbocycles. The zero-order valence-corrected chi connectivity index (χ0v) is 24.1. The van der Waals surface area contributed by atoms with Crippen molar-refractivity contribution in [3.63, 3.8) is 0 Å². The summed E-state index contributed by atoms with van der Waals surface area (Å²) in [5.41, 5.74) is 0. The Kier molecular flexibility index (Phi) is 168. The van der Waals surface area contributed by atoms with Gasteiger partial charge in [-0.05, 0) is 0 Å². The molecule has 0 rings (SSSR count). The molecular weight excluding hydrogens is 464 g/mol. The van der Waals surface area contributed by atoms with Gasteiger partial charge in [-0.3, -0.25) is 0 Å². The summed E-state index contributed by atoms with van der Waals surface area (Å²) < 4.78 is 0. The van der Waals surface area contributed by atoms with Crippen LogP contribution in [-0.2, 0) is 10.7 Å². The molecule has 0 unspecified atom stereocenters. The first-order chi connectivity index (χ1) is 5.97. The van der Waals surface area contributed by atoms with Gasteiger partial charge >= 0.3 is 190 Å². The first kappa shape index (κ1) is 120. The van der Waals surface area contributed by atoms with Crippen LogP contribution < -0.4 is 118 Å². The molecule has 0 saturated heterocycles. The Hall–Kier alpha value is 1.06. The summed E-state index contributed by atoms with van der Waals surface area (Å²) in [5.74, 6) is 0. The largest absolute Gasteiger partial charge is 1.00 e. The fourth-order valence-electron chi connectivity index (χ4n) is 0.265. The molecule has 0 atom stereocenters. The van der Waals surface area contributed by atoms with Crippen LogP contribution in [0.3, 0.4) is 0 Å². The Bertz CT molecular complexity index is 426. The minimum atomic E-state index is -6.17. The van der Waals surface area contributed by atoms with E-state index in [1.165, 1.54) is 0 Å². The fraction of sp³-hybridized carbons (Fsp3) is 0. The maximum absolute atomic E-state index is 8.58. The van der Waals surface area contributed by atoms with E-state index in [4.69, 9.17) is 31.6 Å². The molecule has 0 heterocycles. The smallest absolute Gasteiger partial charge is 0.412 e. The van der Waals surface area contributed by atoms with E-state index in [-0.39, 0.29) is 173 Å². The molecule has 0 aliphatic heterocycles. The van der Waals surface area contributed by atoms with Crippen molar-refractivity contribution in [2.45, 2.75) is 0 Å². The molecule has 0 aliphatic rings. The van der Waals surface area contributed by atoms with E-state index in [2.05, 4.69) is 0 Å². The molecule has 0 aromatic rings. The Balaban J connectivity index is -0.00000000791. The first-order valence-corrected chi connectivity index (χ1v) is 5.71. The second kappa shape index (κ2) is 37.8. The van der Waals surface area contributed by atoms with E-state index in [0.29, 0.717) is 0 Å². The van der Waals surface area contributed by atoms with Crippen molar-refractivity contribution in [2.75, 3.05) is 0 Å². The van der Waals surface area contributed by atoms with Crippen molar-refractivity contribution >= 4 is 0 Å². The number of nitrogens with zero attached hydrogens (tertiary/aromatic N) is 6. The minimum Gasteiger partial charge on any atom is -0.412 e. The van der Waals surface area contributed by atoms with E-state index < -0.39 is 10.7 Å². The molecule has 20 N–H and O–H groups in total. The van der Waals surface area contributed by atoms with Gasteiger partial charge in [0.1, 0.15) is 0 Å². The molecule has 0 aromatic heterocycles. The van der Waals surface area contributed by atoms with Crippen molar-refractivity contribution in [2.24, 2.45) is 0 Å². The van der Waals surface area contributed by atoms with Gasteiger partial charge in [0.25, 0.3) is 0 Å². The third-order valence-corrected chi connectivity index (χ3v) is 4.89. The van der Waals surface area contributed by atoms with E-state index in [0.717, 1.165) is 29.8 Å². The van der Waals surface area contributed by atoms with E-state index in [1.54, 1.807) is 0 Å². The van der Waals surface area contributed by atoms with Crippen LogP contribution in [0, 0.1) is 61.4 Å². The summed E-state index contributed by atoms with van der Waals surface area (Å²) in [6, 6.07) is 0. The third-order valence-electron chi connectivity index (χ3n) is 1.19. The summed E-state index contributed by atoms with van der Waals surface area (Å²) in [7, 11) is -6.17. The van der Waals surface area contributed by atoms with Crippen molar-refractivity contribution in [1.29, 1.82) is 31.6 Å². The van der Waals surface area contributed by atoms with Crippen LogP contribution in [0.2, 0.25) is 0 Å². The molecule has 0 radical (unpaired) electrons.